The summed E-state index contributed by atoms with van der Waals surface area (Å²) >= 11 is 0. The molecule has 0 fully saturated rings. The van der Waals surface area contributed by atoms with Crippen molar-refractivity contribution in [2.75, 3.05) is 19.0 Å². The molecule has 0 bridgehead atoms. The molecule has 1 rings (SSSR count). The first-order chi connectivity index (χ1) is 7.95. The van der Waals surface area contributed by atoms with Crippen molar-refractivity contribution in [3.05, 3.63) is 29.3 Å². The standard InChI is InChI=1S/C14H21NO2/c1-5-10(2)11-6-7-13(15(3)4)12(8-11)9-14(16)17/h6-8,10H,5,9H2,1-4H3,(H,16,17). The van der Waals surface area contributed by atoms with E-state index in [1.54, 1.807) is 0 Å². The second kappa shape index (κ2) is 5.71. The Balaban J connectivity index is 3.14. The van der Waals surface area contributed by atoms with Gasteiger partial charge in [-0.15, -0.1) is 0 Å². The smallest absolute Gasteiger partial charge is 0.307 e. The topological polar surface area (TPSA) is 40.5 Å². The first-order valence-corrected chi connectivity index (χ1v) is 5.97. The average molecular weight is 235 g/mol. The molecule has 1 aromatic rings. The number of carbonyl (C=O) groups is 1. The summed E-state index contributed by atoms with van der Waals surface area (Å²) in [5, 5.41) is 8.94. The van der Waals surface area contributed by atoms with Crippen LogP contribution in [0.4, 0.5) is 5.69 Å². The summed E-state index contributed by atoms with van der Waals surface area (Å²) in [7, 11) is 3.87. The van der Waals surface area contributed by atoms with Gasteiger partial charge in [0, 0.05) is 19.8 Å². The van der Waals surface area contributed by atoms with E-state index in [0.717, 1.165) is 17.7 Å². The number of carboxylic acids is 1. The Labute approximate surface area is 103 Å². The molecule has 0 aromatic heterocycles. The first kappa shape index (κ1) is 13.6. The predicted molar refractivity (Wildman–Crippen MR) is 70.8 cm³/mol. The Bertz CT molecular complexity index is 399. The third-order valence-corrected chi connectivity index (χ3v) is 3.11. The van der Waals surface area contributed by atoms with Crippen LogP contribution in [-0.4, -0.2) is 25.2 Å². The lowest BCUT2D eigenvalue weighted by Gasteiger charge is -2.19. The summed E-state index contributed by atoms with van der Waals surface area (Å²) in [5.74, 6) is -0.312. The van der Waals surface area contributed by atoms with E-state index in [4.69, 9.17) is 5.11 Å². The fourth-order valence-electron chi connectivity index (χ4n) is 1.89. The van der Waals surface area contributed by atoms with Crippen LogP contribution in [-0.2, 0) is 11.2 Å². The molecule has 3 nitrogen and oxygen atoms in total. The average Bonchev–Trinajstić information content (AvgIpc) is 2.26. The van der Waals surface area contributed by atoms with Crippen LogP contribution < -0.4 is 4.90 Å². The van der Waals surface area contributed by atoms with E-state index in [9.17, 15) is 4.79 Å². The lowest BCUT2D eigenvalue weighted by molar-refractivity contribution is -0.136. The van der Waals surface area contributed by atoms with Crippen LogP contribution in [0.1, 0.15) is 37.3 Å². The van der Waals surface area contributed by atoms with Gasteiger partial charge in [0.25, 0.3) is 0 Å². The number of carboxylic acid groups (broad SMARTS) is 1. The molecule has 0 aliphatic rings. The number of anilines is 1. The van der Waals surface area contributed by atoms with E-state index < -0.39 is 5.97 Å². The molecule has 17 heavy (non-hydrogen) atoms. The van der Waals surface area contributed by atoms with Gasteiger partial charge in [-0.3, -0.25) is 4.79 Å². The Morgan fingerprint density at radius 3 is 2.53 bits per heavy atom. The summed E-state index contributed by atoms with van der Waals surface area (Å²) < 4.78 is 0. The van der Waals surface area contributed by atoms with Crippen LogP contribution in [0, 0.1) is 0 Å². The lowest BCUT2D eigenvalue weighted by atomic mass is 9.95. The Hall–Kier alpha value is -1.51. The summed E-state index contributed by atoms with van der Waals surface area (Å²) in [4.78, 5) is 12.8. The van der Waals surface area contributed by atoms with Gasteiger partial charge in [-0.25, -0.2) is 0 Å². The van der Waals surface area contributed by atoms with Gasteiger partial charge >= 0.3 is 5.97 Å². The second-order valence-corrected chi connectivity index (χ2v) is 4.66. The number of hydrogen-bond acceptors (Lipinski definition) is 2. The normalized spacial score (nSPS) is 12.2. The highest BCUT2D eigenvalue weighted by Gasteiger charge is 2.11. The van der Waals surface area contributed by atoms with E-state index in [2.05, 4.69) is 19.9 Å². The lowest BCUT2D eigenvalue weighted by Crippen LogP contribution is -2.14. The van der Waals surface area contributed by atoms with Crippen molar-refractivity contribution in [1.29, 1.82) is 0 Å². The molecule has 94 valence electrons. The van der Waals surface area contributed by atoms with Crippen molar-refractivity contribution in [2.24, 2.45) is 0 Å². The number of nitrogens with zero attached hydrogens (tertiary/aromatic N) is 1. The van der Waals surface area contributed by atoms with Crippen molar-refractivity contribution < 1.29 is 9.90 Å². The van der Waals surface area contributed by atoms with Gasteiger partial charge < -0.3 is 10.0 Å². The Morgan fingerprint density at radius 1 is 1.41 bits per heavy atom. The van der Waals surface area contributed by atoms with Crippen LogP contribution in [0.2, 0.25) is 0 Å². The van der Waals surface area contributed by atoms with Gasteiger partial charge in [0.2, 0.25) is 0 Å². The second-order valence-electron chi connectivity index (χ2n) is 4.66. The van der Waals surface area contributed by atoms with Crippen LogP contribution in [0.25, 0.3) is 0 Å². The van der Waals surface area contributed by atoms with E-state index in [-0.39, 0.29) is 6.42 Å². The van der Waals surface area contributed by atoms with Crippen molar-refractivity contribution in [2.45, 2.75) is 32.6 Å². The SMILES string of the molecule is CCC(C)c1ccc(N(C)C)c(CC(=O)O)c1. The largest absolute Gasteiger partial charge is 0.481 e. The maximum Gasteiger partial charge on any atom is 0.307 e. The highest BCUT2D eigenvalue weighted by atomic mass is 16.4. The molecule has 0 saturated heterocycles. The van der Waals surface area contributed by atoms with Crippen LogP contribution in [0.5, 0.6) is 0 Å². The minimum atomic E-state index is -0.783. The fourth-order valence-corrected chi connectivity index (χ4v) is 1.89. The van der Waals surface area contributed by atoms with Crippen molar-refractivity contribution in [1.82, 2.24) is 0 Å². The van der Waals surface area contributed by atoms with Crippen LogP contribution in [0.15, 0.2) is 18.2 Å². The zero-order chi connectivity index (χ0) is 13.0. The molecule has 0 radical (unpaired) electrons. The molecule has 0 saturated carbocycles. The molecular weight excluding hydrogens is 214 g/mol. The molecule has 0 spiro atoms. The fraction of sp³-hybridized carbons (Fsp3) is 0.500. The van der Waals surface area contributed by atoms with Gasteiger partial charge in [-0.1, -0.05) is 26.0 Å². The minimum Gasteiger partial charge on any atom is -0.481 e. The van der Waals surface area contributed by atoms with Crippen molar-refractivity contribution in [3.63, 3.8) is 0 Å². The summed E-state index contributed by atoms with van der Waals surface area (Å²) in [6.07, 6.45) is 1.14. The summed E-state index contributed by atoms with van der Waals surface area (Å²) in [6, 6.07) is 6.13. The Morgan fingerprint density at radius 2 is 2.06 bits per heavy atom. The number of hydrogen-bond donors (Lipinski definition) is 1. The van der Waals surface area contributed by atoms with Gasteiger partial charge in [0.1, 0.15) is 0 Å². The van der Waals surface area contributed by atoms with Gasteiger partial charge in [0.05, 0.1) is 6.42 Å². The molecular formula is C14H21NO2. The van der Waals surface area contributed by atoms with E-state index >= 15 is 0 Å². The zero-order valence-electron chi connectivity index (χ0n) is 11.0. The maximum atomic E-state index is 10.9. The Kier molecular flexibility index (Phi) is 4.55. The van der Waals surface area contributed by atoms with E-state index in [1.807, 2.05) is 31.1 Å². The van der Waals surface area contributed by atoms with E-state index in [1.165, 1.54) is 5.56 Å². The van der Waals surface area contributed by atoms with E-state index in [0.29, 0.717) is 5.92 Å². The van der Waals surface area contributed by atoms with Crippen molar-refractivity contribution in [3.8, 4) is 0 Å². The number of rotatable bonds is 5. The van der Waals surface area contributed by atoms with Crippen LogP contribution in [0.3, 0.4) is 0 Å². The van der Waals surface area contributed by atoms with Gasteiger partial charge in [0.15, 0.2) is 0 Å². The number of benzene rings is 1. The van der Waals surface area contributed by atoms with Crippen LogP contribution >= 0.6 is 0 Å². The highest BCUT2D eigenvalue weighted by Crippen LogP contribution is 2.26. The van der Waals surface area contributed by atoms with Gasteiger partial charge in [-0.05, 0) is 29.5 Å². The molecule has 3 heteroatoms. The third-order valence-electron chi connectivity index (χ3n) is 3.11. The third kappa shape index (κ3) is 3.48. The molecule has 0 amide bonds. The molecule has 0 aliphatic carbocycles. The molecule has 0 aliphatic heterocycles. The molecule has 1 atom stereocenters. The zero-order valence-corrected chi connectivity index (χ0v) is 11.0. The minimum absolute atomic E-state index is 0.0811. The molecule has 1 unspecified atom stereocenters. The van der Waals surface area contributed by atoms with Crippen molar-refractivity contribution >= 4 is 11.7 Å². The summed E-state index contributed by atoms with van der Waals surface area (Å²) in [5.41, 5.74) is 3.09. The monoisotopic (exact) mass is 235 g/mol. The quantitative estimate of drug-likeness (QED) is 0.853. The molecule has 0 heterocycles. The summed E-state index contributed by atoms with van der Waals surface area (Å²) in [6.45, 7) is 4.30. The van der Waals surface area contributed by atoms with Gasteiger partial charge in [-0.2, -0.15) is 0 Å². The first-order valence-electron chi connectivity index (χ1n) is 5.97. The maximum absolute atomic E-state index is 10.9. The number of aliphatic carboxylic acids is 1. The predicted octanol–water partition coefficient (Wildman–Crippen LogP) is 2.89. The molecule has 1 N–H and O–H groups in total. The highest BCUT2D eigenvalue weighted by molar-refractivity contribution is 5.73. The molecule has 1 aromatic carbocycles.